The molecule has 0 spiro atoms. The summed E-state index contributed by atoms with van der Waals surface area (Å²) in [7, 11) is 1.75. The Morgan fingerprint density at radius 1 is 1.47 bits per heavy atom. The Morgan fingerprint density at radius 2 is 2.27 bits per heavy atom. The number of aldehydes is 1. The third kappa shape index (κ3) is 3.43. The lowest BCUT2D eigenvalue weighted by atomic mass is 9.69. The topological polar surface area (TPSA) is 90.0 Å². The number of benzene rings is 1. The van der Waals surface area contributed by atoms with E-state index in [0.717, 1.165) is 6.29 Å². The lowest BCUT2D eigenvalue weighted by Crippen LogP contribution is -2.57. The SMILES string of the molecule is CC1OCC[C@@H]2Oc3ccc(-c4cccnc4F)cc3[C@](C=O)(N=C(N)N(C)I)C12. The second-order valence-electron chi connectivity index (χ2n) is 7.49. The predicted octanol–water partition coefficient (Wildman–Crippen LogP) is 3.06. The molecule has 2 unspecified atom stereocenters. The number of nitrogens with two attached hydrogens (primary N) is 1. The van der Waals surface area contributed by atoms with Gasteiger partial charge in [0.1, 0.15) is 11.9 Å². The molecule has 0 saturated carbocycles. The summed E-state index contributed by atoms with van der Waals surface area (Å²) in [6, 6.07) is 8.56. The summed E-state index contributed by atoms with van der Waals surface area (Å²) in [6.07, 6.45) is 2.31. The van der Waals surface area contributed by atoms with Gasteiger partial charge in [-0.1, -0.05) is 6.07 Å². The molecule has 0 amide bonds. The number of halogens is 2. The summed E-state index contributed by atoms with van der Waals surface area (Å²) < 4.78 is 28.1. The van der Waals surface area contributed by atoms with Crippen LogP contribution >= 0.6 is 22.9 Å². The van der Waals surface area contributed by atoms with Crippen LogP contribution in [0.15, 0.2) is 41.5 Å². The molecule has 7 nitrogen and oxygen atoms in total. The third-order valence-corrected chi connectivity index (χ3v) is 6.25. The van der Waals surface area contributed by atoms with E-state index in [9.17, 15) is 9.18 Å². The summed E-state index contributed by atoms with van der Waals surface area (Å²) in [6.45, 7) is 2.45. The van der Waals surface area contributed by atoms with Gasteiger partial charge < -0.3 is 20.0 Å². The Labute approximate surface area is 188 Å². The van der Waals surface area contributed by atoms with Gasteiger partial charge in [0.25, 0.3) is 0 Å². The fourth-order valence-electron chi connectivity index (χ4n) is 4.35. The number of carbonyl (C=O) groups is 1. The second-order valence-corrected chi connectivity index (χ2v) is 8.94. The maximum Gasteiger partial charge on any atom is 0.220 e. The normalized spacial score (nSPS) is 28.1. The first-order chi connectivity index (χ1) is 14.4. The highest BCUT2D eigenvalue weighted by atomic mass is 127. The number of rotatable bonds is 3. The van der Waals surface area contributed by atoms with Gasteiger partial charge in [0.05, 0.1) is 41.5 Å². The molecule has 9 heteroatoms. The van der Waals surface area contributed by atoms with Crippen LogP contribution in [0, 0.1) is 11.9 Å². The molecule has 4 rings (SSSR count). The minimum atomic E-state index is -1.32. The molecule has 0 bridgehead atoms. The van der Waals surface area contributed by atoms with E-state index in [-0.39, 0.29) is 24.1 Å². The van der Waals surface area contributed by atoms with Crippen molar-refractivity contribution in [1.29, 1.82) is 0 Å². The summed E-state index contributed by atoms with van der Waals surface area (Å²) in [5, 5.41) is 0. The van der Waals surface area contributed by atoms with E-state index in [1.165, 1.54) is 6.20 Å². The zero-order valence-electron chi connectivity index (χ0n) is 16.6. The van der Waals surface area contributed by atoms with Gasteiger partial charge in [-0.25, -0.2) is 9.98 Å². The van der Waals surface area contributed by atoms with E-state index >= 15 is 0 Å². The maximum atomic E-state index is 14.3. The molecule has 30 heavy (non-hydrogen) atoms. The highest BCUT2D eigenvalue weighted by Crippen LogP contribution is 2.50. The Morgan fingerprint density at radius 3 is 2.97 bits per heavy atom. The molecule has 2 aliphatic rings. The molecular formula is C21H22FIN4O3. The number of ether oxygens (including phenoxy) is 2. The Kier molecular flexibility index (Phi) is 5.67. The molecule has 1 aromatic heterocycles. The van der Waals surface area contributed by atoms with E-state index in [2.05, 4.69) is 4.98 Å². The molecule has 3 heterocycles. The van der Waals surface area contributed by atoms with Crippen LogP contribution in [-0.4, -0.2) is 46.2 Å². The molecule has 1 aromatic carbocycles. The smallest absolute Gasteiger partial charge is 0.220 e. The molecule has 0 radical (unpaired) electrons. The fraction of sp³-hybridized carbons (Fsp3) is 0.381. The van der Waals surface area contributed by atoms with Crippen LogP contribution in [0.2, 0.25) is 0 Å². The van der Waals surface area contributed by atoms with E-state index in [1.807, 2.05) is 29.8 Å². The van der Waals surface area contributed by atoms with Crippen LogP contribution in [0.5, 0.6) is 5.75 Å². The van der Waals surface area contributed by atoms with Gasteiger partial charge in [-0.05, 0) is 36.8 Å². The number of pyridine rings is 1. The van der Waals surface area contributed by atoms with E-state index in [4.69, 9.17) is 20.2 Å². The van der Waals surface area contributed by atoms with Gasteiger partial charge in [-0.15, -0.1) is 0 Å². The minimum absolute atomic E-state index is 0.199. The highest BCUT2D eigenvalue weighted by Gasteiger charge is 2.55. The summed E-state index contributed by atoms with van der Waals surface area (Å²) >= 11 is 2.00. The van der Waals surface area contributed by atoms with Crippen molar-refractivity contribution in [3.8, 4) is 16.9 Å². The number of nitrogens with zero attached hydrogens (tertiary/aromatic N) is 3. The van der Waals surface area contributed by atoms with Crippen molar-refractivity contribution in [3.63, 3.8) is 0 Å². The monoisotopic (exact) mass is 524 g/mol. The number of fused-ring (bicyclic) bond motifs is 2. The molecule has 1 saturated heterocycles. The van der Waals surface area contributed by atoms with Gasteiger partial charge >= 0.3 is 0 Å². The molecule has 1 fully saturated rings. The minimum Gasteiger partial charge on any atom is -0.489 e. The zero-order chi connectivity index (χ0) is 21.5. The number of carbonyl (C=O) groups excluding carboxylic acids is 1. The van der Waals surface area contributed by atoms with Gasteiger partial charge in [0.15, 0.2) is 11.8 Å². The molecule has 2 N–H and O–H groups in total. The average Bonchev–Trinajstić information content (AvgIpc) is 2.73. The number of aliphatic imine (C=N–C) groups is 1. The van der Waals surface area contributed by atoms with Crippen LogP contribution in [0.25, 0.3) is 11.1 Å². The van der Waals surface area contributed by atoms with Crippen molar-refractivity contribution < 1.29 is 18.7 Å². The van der Waals surface area contributed by atoms with E-state index in [1.54, 1.807) is 40.5 Å². The van der Waals surface area contributed by atoms with Crippen molar-refractivity contribution in [1.82, 2.24) is 8.10 Å². The molecule has 2 aliphatic heterocycles. The van der Waals surface area contributed by atoms with Crippen LogP contribution in [-0.2, 0) is 15.1 Å². The Balaban J connectivity index is 1.96. The van der Waals surface area contributed by atoms with Gasteiger partial charge in [0, 0.05) is 30.8 Å². The largest absolute Gasteiger partial charge is 0.489 e. The number of hydrogen-bond donors (Lipinski definition) is 1. The predicted molar refractivity (Wildman–Crippen MR) is 119 cm³/mol. The first kappa shape index (κ1) is 21.0. The first-order valence-electron chi connectivity index (χ1n) is 9.62. The second kappa shape index (κ2) is 8.10. The van der Waals surface area contributed by atoms with Crippen molar-refractivity contribution in [3.05, 3.63) is 48.0 Å². The fourth-order valence-corrected chi connectivity index (χ4v) is 4.46. The lowest BCUT2D eigenvalue weighted by molar-refractivity contribution is -0.135. The number of aromatic nitrogens is 1. The van der Waals surface area contributed by atoms with Crippen molar-refractivity contribution in [2.45, 2.75) is 31.1 Å². The average molecular weight is 524 g/mol. The lowest BCUT2D eigenvalue weighted by Gasteiger charge is -2.48. The number of guanidine groups is 1. The van der Waals surface area contributed by atoms with Gasteiger partial charge in [-0.3, -0.25) is 3.11 Å². The molecule has 158 valence electrons. The van der Waals surface area contributed by atoms with Crippen molar-refractivity contribution in [2.75, 3.05) is 13.7 Å². The summed E-state index contributed by atoms with van der Waals surface area (Å²) in [4.78, 5) is 21.2. The first-order valence-corrected chi connectivity index (χ1v) is 10.6. The van der Waals surface area contributed by atoms with Crippen LogP contribution in [0.1, 0.15) is 18.9 Å². The summed E-state index contributed by atoms with van der Waals surface area (Å²) in [5.41, 5.74) is 6.29. The maximum absolute atomic E-state index is 14.3. The van der Waals surface area contributed by atoms with Crippen LogP contribution in [0.4, 0.5) is 4.39 Å². The van der Waals surface area contributed by atoms with E-state index < -0.39 is 11.5 Å². The summed E-state index contributed by atoms with van der Waals surface area (Å²) in [5.74, 6) is -0.225. The third-order valence-electron chi connectivity index (χ3n) is 5.75. The Hall–Kier alpha value is -2.27. The van der Waals surface area contributed by atoms with Gasteiger partial charge in [0.2, 0.25) is 11.9 Å². The van der Waals surface area contributed by atoms with Crippen LogP contribution in [0.3, 0.4) is 0 Å². The molecule has 2 aromatic rings. The molecule has 0 aliphatic carbocycles. The quantitative estimate of drug-likeness (QED) is 0.166. The molecular weight excluding hydrogens is 502 g/mol. The number of hydrogen-bond acceptors (Lipinski definition) is 5. The standard InChI is InChI=1S/C21H22FIN4O3/c1-12-18-17(7-9-29-12)30-16-6-5-13(14-4-3-8-25-19(14)22)10-15(16)21(18,11-28)26-20(24)27(2)23/h3-6,8,10-12,17-18H,7,9H2,1-2H3,(H2,24,26)/t12?,17-,18?,21-/m0/s1. The van der Waals surface area contributed by atoms with Crippen molar-refractivity contribution in [2.24, 2.45) is 16.6 Å². The zero-order valence-corrected chi connectivity index (χ0v) is 18.7. The van der Waals surface area contributed by atoms with Gasteiger partial charge in [-0.2, -0.15) is 4.39 Å². The van der Waals surface area contributed by atoms with Crippen molar-refractivity contribution >= 4 is 35.1 Å². The van der Waals surface area contributed by atoms with E-state index in [0.29, 0.717) is 35.5 Å². The van der Waals surface area contributed by atoms with Crippen LogP contribution < -0.4 is 10.5 Å². The molecule has 4 atom stereocenters. The Bertz CT molecular complexity index is 1000. The highest BCUT2D eigenvalue weighted by molar-refractivity contribution is 14.1.